The molecule has 0 amide bonds. The third kappa shape index (κ3) is 3.64. The number of aromatic carboxylic acids is 1. The Balaban J connectivity index is 1.95. The minimum Gasteiger partial charge on any atom is -0.478 e. The summed E-state index contributed by atoms with van der Waals surface area (Å²) < 4.78 is 0. The second-order valence-corrected chi connectivity index (χ2v) is 5.63. The van der Waals surface area contributed by atoms with Crippen LogP contribution in [0.25, 0.3) is 0 Å². The van der Waals surface area contributed by atoms with Gasteiger partial charge >= 0.3 is 5.97 Å². The van der Waals surface area contributed by atoms with E-state index in [1.165, 1.54) is 0 Å². The van der Waals surface area contributed by atoms with E-state index in [9.17, 15) is 9.90 Å². The zero-order valence-corrected chi connectivity index (χ0v) is 12.5. The number of hydrogen-bond acceptors (Lipinski definition) is 3. The van der Waals surface area contributed by atoms with E-state index in [-0.39, 0.29) is 10.6 Å². The lowest BCUT2D eigenvalue weighted by atomic mass is 9.96. The number of hydrogen-bond donors (Lipinski definition) is 2. The number of benzene rings is 1. The molecule has 4 nitrogen and oxygen atoms in total. The van der Waals surface area contributed by atoms with Crippen LogP contribution in [0.2, 0.25) is 5.02 Å². The Labute approximate surface area is 124 Å². The van der Waals surface area contributed by atoms with Gasteiger partial charge in [-0.15, -0.1) is 0 Å². The fourth-order valence-corrected chi connectivity index (χ4v) is 2.91. The van der Waals surface area contributed by atoms with Crippen LogP contribution in [0, 0.1) is 5.92 Å². The summed E-state index contributed by atoms with van der Waals surface area (Å²) in [4.78, 5) is 13.7. The van der Waals surface area contributed by atoms with Gasteiger partial charge in [0.15, 0.2) is 0 Å². The average Bonchev–Trinajstić information content (AvgIpc) is 2.45. The van der Waals surface area contributed by atoms with E-state index in [4.69, 9.17) is 11.6 Å². The van der Waals surface area contributed by atoms with E-state index in [0.29, 0.717) is 11.6 Å². The van der Waals surface area contributed by atoms with Gasteiger partial charge in [0.25, 0.3) is 0 Å². The molecule has 1 fully saturated rings. The number of piperidine rings is 1. The topological polar surface area (TPSA) is 52.6 Å². The standard InChI is InChI=1S/C15H21ClN2O2/c1-2-18-8-6-11(7-9-18)10-17-13-5-3-4-12(16)14(13)15(19)20/h3-5,11,17H,2,6-10H2,1H3,(H,19,20). The molecule has 1 saturated heterocycles. The zero-order valence-electron chi connectivity index (χ0n) is 11.7. The van der Waals surface area contributed by atoms with Crippen molar-refractivity contribution in [3.63, 3.8) is 0 Å². The van der Waals surface area contributed by atoms with Crippen molar-refractivity contribution in [2.45, 2.75) is 19.8 Å². The molecule has 0 atom stereocenters. The molecule has 1 aromatic rings. The second-order valence-electron chi connectivity index (χ2n) is 5.23. The number of nitrogens with zero attached hydrogens (tertiary/aromatic N) is 1. The van der Waals surface area contributed by atoms with Crippen LogP contribution in [0.3, 0.4) is 0 Å². The lowest BCUT2D eigenvalue weighted by Crippen LogP contribution is -2.35. The highest BCUT2D eigenvalue weighted by Gasteiger charge is 2.19. The van der Waals surface area contributed by atoms with E-state index in [1.807, 2.05) is 0 Å². The smallest absolute Gasteiger partial charge is 0.339 e. The molecular weight excluding hydrogens is 276 g/mol. The third-order valence-electron chi connectivity index (χ3n) is 3.96. The number of carboxylic acid groups (broad SMARTS) is 1. The van der Waals surface area contributed by atoms with Gasteiger partial charge in [-0.25, -0.2) is 4.79 Å². The van der Waals surface area contributed by atoms with Gasteiger partial charge in [-0.3, -0.25) is 0 Å². The molecule has 1 aromatic carbocycles. The SMILES string of the molecule is CCN1CCC(CNc2cccc(Cl)c2C(=O)O)CC1. The maximum Gasteiger partial charge on any atom is 0.339 e. The molecule has 0 spiro atoms. The maximum atomic E-state index is 11.2. The Morgan fingerprint density at radius 2 is 2.15 bits per heavy atom. The number of carboxylic acids is 1. The van der Waals surface area contributed by atoms with Crippen LogP contribution in [-0.4, -0.2) is 42.2 Å². The highest BCUT2D eigenvalue weighted by Crippen LogP contribution is 2.25. The van der Waals surface area contributed by atoms with Crippen LogP contribution in [0.1, 0.15) is 30.1 Å². The first-order chi connectivity index (χ1) is 9.61. The largest absolute Gasteiger partial charge is 0.478 e. The number of anilines is 1. The van der Waals surface area contributed by atoms with Gasteiger partial charge in [-0.2, -0.15) is 0 Å². The molecule has 0 unspecified atom stereocenters. The van der Waals surface area contributed by atoms with Crippen LogP contribution in [0.15, 0.2) is 18.2 Å². The fourth-order valence-electron chi connectivity index (χ4n) is 2.65. The molecule has 1 aliphatic heterocycles. The fraction of sp³-hybridized carbons (Fsp3) is 0.533. The summed E-state index contributed by atoms with van der Waals surface area (Å²) >= 11 is 5.96. The summed E-state index contributed by atoms with van der Waals surface area (Å²) in [6.45, 7) is 6.35. The number of halogens is 1. The van der Waals surface area contributed by atoms with Gasteiger partial charge in [0, 0.05) is 6.54 Å². The minimum atomic E-state index is -0.987. The van der Waals surface area contributed by atoms with E-state index < -0.39 is 5.97 Å². The predicted molar refractivity (Wildman–Crippen MR) is 81.7 cm³/mol. The van der Waals surface area contributed by atoms with Crippen molar-refractivity contribution in [2.75, 3.05) is 31.5 Å². The van der Waals surface area contributed by atoms with Crippen LogP contribution in [0.4, 0.5) is 5.69 Å². The van der Waals surface area contributed by atoms with E-state index >= 15 is 0 Å². The summed E-state index contributed by atoms with van der Waals surface area (Å²) in [6, 6.07) is 5.16. The zero-order chi connectivity index (χ0) is 14.5. The van der Waals surface area contributed by atoms with Gasteiger partial charge in [-0.1, -0.05) is 24.6 Å². The molecule has 1 aliphatic rings. The molecule has 0 bridgehead atoms. The van der Waals surface area contributed by atoms with Gasteiger partial charge in [0.1, 0.15) is 5.56 Å². The lowest BCUT2D eigenvalue weighted by Gasteiger charge is -2.31. The number of nitrogens with one attached hydrogen (secondary N) is 1. The Hall–Kier alpha value is -1.26. The van der Waals surface area contributed by atoms with Crippen molar-refractivity contribution in [2.24, 2.45) is 5.92 Å². The average molecular weight is 297 g/mol. The molecular formula is C15H21ClN2O2. The highest BCUT2D eigenvalue weighted by molar-refractivity contribution is 6.34. The molecule has 110 valence electrons. The first kappa shape index (κ1) is 15.1. The van der Waals surface area contributed by atoms with Gasteiger partial charge in [0.2, 0.25) is 0 Å². The first-order valence-corrected chi connectivity index (χ1v) is 7.47. The van der Waals surface area contributed by atoms with Crippen molar-refractivity contribution in [1.29, 1.82) is 0 Å². The maximum absolute atomic E-state index is 11.2. The third-order valence-corrected chi connectivity index (χ3v) is 4.28. The van der Waals surface area contributed by atoms with Crippen molar-refractivity contribution >= 4 is 23.3 Å². The van der Waals surface area contributed by atoms with Gasteiger partial charge < -0.3 is 15.3 Å². The van der Waals surface area contributed by atoms with Crippen LogP contribution >= 0.6 is 11.6 Å². The molecule has 0 aliphatic carbocycles. The molecule has 0 aromatic heterocycles. The van der Waals surface area contributed by atoms with E-state index in [0.717, 1.165) is 39.0 Å². The Kier molecular flexibility index (Phi) is 5.26. The monoisotopic (exact) mass is 296 g/mol. The predicted octanol–water partition coefficient (Wildman–Crippen LogP) is 3.18. The summed E-state index contributed by atoms with van der Waals surface area (Å²) in [5, 5.41) is 12.8. The summed E-state index contributed by atoms with van der Waals surface area (Å²) in [6.07, 6.45) is 2.31. The molecule has 2 rings (SSSR count). The quantitative estimate of drug-likeness (QED) is 0.876. The highest BCUT2D eigenvalue weighted by atomic mass is 35.5. The number of carbonyl (C=O) groups is 1. The van der Waals surface area contributed by atoms with Crippen LogP contribution < -0.4 is 5.32 Å². The van der Waals surface area contributed by atoms with Crippen molar-refractivity contribution in [1.82, 2.24) is 4.90 Å². The minimum absolute atomic E-state index is 0.167. The summed E-state index contributed by atoms with van der Waals surface area (Å²) in [5.74, 6) is -0.391. The second kappa shape index (κ2) is 6.95. The summed E-state index contributed by atoms with van der Waals surface area (Å²) in [5.41, 5.74) is 0.781. The first-order valence-electron chi connectivity index (χ1n) is 7.09. The molecule has 0 radical (unpaired) electrons. The molecule has 0 saturated carbocycles. The van der Waals surface area contributed by atoms with Crippen molar-refractivity contribution < 1.29 is 9.90 Å². The van der Waals surface area contributed by atoms with Crippen LogP contribution in [0.5, 0.6) is 0 Å². The Morgan fingerprint density at radius 3 is 2.75 bits per heavy atom. The molecule has 1 heterocycles. The number of likely N-dealkylation sites (tertiary alicyclic amines) is 1. The Morgan fingerprint density at radius 1 is 1.45 bits per heavy atom. The van der Waals surface area contributed by atoms with Gasteiger partial charge in [-0.05, 0) is 50.5 Å². The lowest BCUT2D eigenvalue weighted by molar-refractivity contribution is 0.0698. The van der Waals surface area contributed by atoms with Gasteiger partial charge in [0.05, 0.1) is 10.7 Å². The Bertz CT molecular complexity index is 471. The summed E-state index contributed by atoms with van der Waals surface area (Å²) in [7, 11) is 0. The number of rotatable bonds is 5. The van der Waals surface area contributed by atoms with E-state index in [1.54, 1.807) is 18.2 Å². The normalized spacial score (nSPS) is 17.1. The van der Waals surface area contributed by atoms with E-state index in [2.05, 4.69) is 17.1 Å². The molecule has 2 N–H and O–H groups in total. The van der Waals surface area contributed by atoms with Crippen LogP contribution in [-0.2, 0) is 0 Å². The molecule has 5 heteroatoms. The van der Waals surface area contributed by atoms with Crippen molar-refractivity contribution in [3.8, 4) is 0 Å². The molecule has 20 heavy (non-hydrogen) atoms. The van der Waals surface area contributed by atoms with Crippen molar-refractivity contribution in [3.05, 3.63) is 28.8 Å².